The van der Waals surface area contributed by atoms with Gasteiger partial charge in [0.1, 0.15) is 5.75 Å². The first kappa shape index (κ1) is 15.2. The quantitative estimate of drug-likeness (QED) is 0.758. The number of rotatable bonds is 5. The van der Waals surface area contributed by atoms with E-state index in [-0.39, 0.29) is 12.1 Å². The summed E-state index contributed by atoms with van der Waals surface area (Å²) in [5.74, 6) is 0.293. The highest BCUT2D eigenvalue weighted by molar-refractivity contribution is 5.35. The number of hydrogen-bond donors (Lipinski definition) is 2. The van der Waals surface area contributed by atoms with Crippen LogP contribution in [0.2, 0.25) is 0 Å². The van der Waals surface area contributed by atoms with Crippen LogP contribution in [0, 0.1) is 0 Å². The summed E-state index contributed by atoms with van der Waals surface area (Å²) >= 11 is 0. The molecule has 0 unspecified atom stereocenters. The minimum atomic E-state index is 0.145. The molecule has 0 saturated carbocycles. The van der Waals surface area contributed by atoms with Gasteiger partial charge in [-0.25, -0.2) is 4.68 Å². The van der Waals surface area contributed by atoms with E-state index in [9.17, 15) is 5.11 Å². The van der Waals surface area contributed by atoms with E-state index in [1.165, 1.54) is 5.56 Å². The molecule has 3 aromatic rings. The lowest BCUT2D eigenvalue weighted by Crippen LogP contribution is -2.22. The van der Waals surface area contributed by atoms with Gasteiger partial charge in [0.25, 0.3) is 0 Å². The summed E-state index contributed by atoms with van der Waals surface area (Å²) in [5, 5.41) is 20.9. The summed E-state index contributed by atoms with van der Waals surface area (Å²) in [4.78, 5) is 0. The van der Waals surface area contributed by atoms with Crippen LogP contribution >= 0.6 is 0 Å². The summed E-state index contributed by atoms with van der Waals surface area (Å²) in [6, 6.07) is 15.9. The van der Waals surface area contributed by atoms with Gasteiger partial charge in [0, 0.05) is 12.1 Å². The van der Waals surface area contributed by atoms with Gasteiger partial charge in [-0.15, -0.1) is 5.10 Å². The van der Waals surface area contributed by atoms with Gasteiger partial charge in [-0.2, -0.15) is 0 Å². The Bertz CT molecular complexity index is 753. The summed E-state index contributed by atoms with van der Waals surface area (Å²) in [5.41, 5.74) is 3.25. The van der Waals surface area contributed by atoms with Crippen LogP contribution in [0.5, 0.6) is 5.75 Å². The average molecular weight is 308 g/mol. The van der Waals surface area contributed by atoms with Crippen LogP contribution in [0.4, 0.5) is 0 Å². The van der Waals surface area contributed by atoms with Gasteiger partial charge in [-0.1, -0.05) is 29.5 Å². The number of hydrogen-bond acceptors (Lipinski definition) is 4. The van der Waals surface area contributed by atoms with Crippen molar-refractivity contribution >= 4 is 0 Å². The maximum Gasteiger partial charge on any atom is 0.115 e. The summed E-state index contributed by atoms with van der Waals surface area (Å²) < 4.78 is 1.73. The molecule has 2 N–H and O–H groups in total. The van der Waals surface area contributed by atoms with Crippen molar-refractivity contribution in [3.05, 3.63) is 72.1 Å². The molecule has 1 aromatic heterocycles. The Morgan fingerprint density at radius 2 is 1.74 bits per heavy atom. The smallest absolute Gasteiger partial charge is 0.115 e. The average Bonchev–Trinajstić information content (AvgIpc) is 3.09. The van der Waals surface area contributed by atoms with Crippen molar-refractivity contribution in [3.63, 3.8) is 0 Å². The fourth-order valence-corrected chi connectivity index (χ4v) is 2.62. The topological polar surface area (TPSA) is 63.0 Å². The second-order valence-electron chi connectivity index (χ2n) is 5.64. The van der Waals surface area contributed by atoms with Crippen molar-refractivity contribution in [3.8, 4) is 11.4 Å². The predicted molar refractivity (Wildman–Crippen MR) is 89.4 cm³/mol. The number of nitrogens with zero attached hydrogens (tertiary/aromatic N) is 3. The van der Waals surface area contributed by atoms with E-state index in [0.29, 0.717) is 5.75 Å². The van der Waals surface area contributed by atoms with E-state index in [0.717, 1.165) is 11.3 Å². The minimum absolute atomic E-state index is 0.145. The molecule has 0 spiro atoms. The highest BCUT2D eigenvalue weighted by Crippen LogP contribution is 2.22. The number of benzene rings is 2. The highest BCUT2D eigenvalue weighted by atomic mass is 16.3. The summed E-state index contributed by atoms with van der Waals surface area (Å²) in [6.45, 7) is 4.22. The van der Waals surface area contributed by atoms with E-state index < -0.39 is 0 Å². The molecule has 0 aliphatic carbocycles. The van der Waals surface area contributed by atoms with Crippen LogP contribution in [0.1, 0.15) is 37.1 Å². The molecule has 0 fully saturated rings. The Kier molecular flexibility index (Phi) is 4.39. The molecule has 1 heterocycles. The molecule has 23 heavy (non-hydrogen) atoms. The molecule has 3 rings (SSSR count). The fraction of sp³-hybridized carbons (Fsp3) is 0.222. The Morgan fingerprint density at radius 3 is 2.39 bits per heavy atom. The lowest BCUT2D eigenvalue weighted by Gasteiger charge is -2.21. The summed E-state index contributed by atoms with van der Waals surface area (Å²) in [6.07, 6.45) is 3.48. The first-order chi connectivity index (χ1) is 11.1. The Balaban J connectivity index is 1.69. The van der Waals surface area contributed by atoms with Crippen molar-refractivity contribution in [1.29, 1.82) is 0 Å². The predicted octanol–water partition coefficient (Wildman–Crippen LogP) is 3.38. The van der Waals surface area contributed by atoms with Crippen LogP contribution in [0.15, 0.2) is 60.9 Å². The van der Waals surface area contributed by atoms with Crippen LogP contribution in [0.25, 0.3) is 5.69 Å². The lowest BCUT2D eigenvalue weighted by atomic mass is 10.0. The zero-order valence-corrected chi connectivity index (χ0v) is 13.2. The normalized spacial score (nSPS) is 13.7. The van der Waals surface area contributed by atoms with E-state index >= 15 is 0 Å². The van der Waals surface area contributed by atoms with Gasteiger partial charge in [0.05, 0.1) is 18.1 Å². The van der Waals surface area contributed by atoms with Crippen LogP contribution in [-0.2, 0) is 0 Å². The molecule has 0 radical (unpaired) electrons. The van der Waals surface area contributed by atoms with E-state index in [1.807, 2.05) is 30.5 Å². The molecule has 2 aromatic carbocycles. The van der Waals surface area contributed by atoms with Crippen molar-refractivity contribution in [2.75, 3.05) is 0 Å². The molecule has 0 bridgehead atoms. The zero-order valence-electron chi connectivity index (χ0n) is 13.2. The van der Waals surface area contributed by atoms with Gasteiger partial charge in [-0.3, -0.25) is 0 Å². The maximum atomic E-state index is 9.59. The van der Waals surface area contributed by atoms with Gasteiger partial charge < -0.3 is 10.4 Å². The standard InChI is InChI=1S/C18H20N4O/c1-13(20-14(2)16-4-3-5-18(23)12-16)15-6-8-17(9-7-15)22-11-10-19-21-22/h3-14,20,23H,1-2H3/t13-,14+/m1/s1. The van der Waals surface area contributed by atoms with Crippen LogP contribution in [0.3, 0.4) is 0 Å². The first-order valence-corrected chi connectivity index (χ1v) is 7.65. The molecular formula is C18H20N4O. The van der Waals surface area contributed by atoms with E-state index in [1.54, 1.807) is 23.0 Å². The summed E-state index contributed by atoms with van der Waals surface area (Å²) in [7, 11) is 0. The largest absolute Gasteiger partial charge is 0.508 e. The van der Waals surface area contributed by atoms with Crippen molar-refractivity contribution in [2.24, 2.45) is 0 Å². The molecule has 5 heteroatoms. The number of phenols is 1. The SMILES string of the molecule is C[C@H](N[C@H](C)c1ccc(-n2ccnn2)cc1)c1cccc(O)c1. The molecule has 0 aliphatic heterocycles. The lowest BCUT2D eigenvalue weighted by molar-refractivity contribution is 0.466. The Hall–Kier alpha value is -2.66. The van der Waals surface area contributed by atoms with Crippen molar-refractivity contribution in [2.45, 2.75) is 25.9 Å². The van der Waals surface area contributed by atoms with Crippen LogP contribution in [-0.4, -0.2) is 20.1 Å². The number of nitrogens with one attached hydrogen (secondary N) is 1. The second-order valence-corrected chi connectivity index (χ2v) is 5.64. The van der Waals surface area contributed by atoms with Gasteiger partial charge in [0.2, 0.25) is 0 Å². The number of aromatic nitrogens is 3. The van der Waals surface area contributed by atoms with Crippen LogP contribution < -0.4 is 5.32 Å². The maximum absolute atomic E-state index is 9.59. The minimum Gasteiger partial charge on any atom is -0.508 e. The molecular weight excluding hydrogens is 288 g/mol. The third kappa shape index (κ3) is 3.57. The van der Waals surface area contributed by atoms with Gasteiger partial charge in [-0.05, 0) is 49.2 Å². The second kappa shape index (κ2) is 6.62. The molecule has 0 saturated heterocycles. The zero-order chi connectivity index (χ0) is 16.2. The number of aromatic hydroxyl groups is 1. The highest BCUT2D eigenvalue weighted by Gasteiger charge is 2.11. The van der Waals surface area contributed by atoms with Gasteiger partial charge in [0.15, 0.2) is 0 Å². The molecule has 0 amide bonds. The molecule has 118 valence electrons. The van der Waals surface area contributed by atoms with Gasteiger partial charge >= 0.3 is 0 Å². The van der Waals surface area contributed by atoms with Crippen molar-refractivity contribution < 1.29 is 5.11 Å². The Morgan fingerprint density at radius 1 is 1.00 bits per heavy atom. The first-order valence-electron chi connectivity index (χ1n) is 7.65. The van der Waals surface area contributed by atoms with E-state index in [2.05, 4.69) is 41.6 Å². The fourth-order valence-electron chi connectivity index (χ4n) is 2.62. The monoisotopic (exact) mass is 308 g/mol. The van der Waals surface area contributed by atoms with Crippen molar-refractivity contribution in [1.82, 2.24) is 20.3 Å². The Labute approximate surface area is 135 Å². The third-order valence-electron chi connectivity index (χ3n) is 3.95. The molecule has 5 nitrogen and oxygen atoms in total. The van der Waals surface area contributed by atoms with E-state index in [4.69, 9.17) is 0 Å². The number of phenolic OH excluding ortho intramolecular Hbond substituents is 1. The third-order valence-corrected chi connectivity index (χ3v) is 3.95. The molecule has 2 atom stereocenters. The molecule has 0 aliphatic rings.